The first kappa shape index (κ1) is 22.4. The summed E-state index contributed by atoms with van der Waals surface area (Å²) in [5.74, 6) is -0.214. The van der Waals surface area contributed by atoms with Crippen LogP contribution in [0.1, 0.15) is 50.3 Å². The van der Waals surface area contributed by atoms with Gasteiger partial charge in [0.2, 0.25) is 0 Å². The van der Waals surface area contributed by atoms with E-state index in [4.69, 9.17) is 0 Å². The molecule has 7 heteroatoms. The lowest BCUT2D eigenvalue weighted by Gasteiger charge is -2.38. The second-order valence-corrected chi connectivity index (χ2v) is 10.5. The summed E-state index contributed by atoms with van der Waals surface area (Å²) in [5, 5.41) is 2.21. The van der Waals surface area contributed by atoms with Gasteiger partial charge in [0.15, 0.2) is 10.9 Å². The van der Waals surface area contributed by atoms with E-state index >= 15 is 0 Å². The van der Waals surface area contributed by atoms with E-state index in [1.165, 1.54) is 29.4 Å². The van der Waals surface area contributed by atoms with E-state index in [1.807, 2.05) is 25.4 Å². The fourth-order valence-electron chi connectivity index (χ4n) is 3.97. The standard InChI is InChI=1S/C24H27FN2O2S2/c1-15(2)24(29)31-21-9-10-27(13-18(21)11-16-12-26-30-14-16)22(23(28)17-7-8-17)19-5-3-4-6-20(19)25/h3-6,11-12,14-15,17,21-22H,7-10,13H2,1-2H3/b18-11+. The predicted molar refractivity (Wildman–Crippen MR) is 124 cm³/mol. The van der Waals surface area contributed by atoms with Crippen molar-refractivity contribution >= 4 is 40.3 Å². The molecular formula is C24H27FN2O2S2. The van der Waals surface area contributed by atoms with Crippen molar-refractivity contribution < 1.29 is 14.0 Å². The summed E-state index contributed by atoms with van der Waals surface area (Å²) in [7, 11) is 0. The van der Waals surface area contributed by atoms with Gasteiger partial charge in [-0.2, -0.15) is 0 Å². The molecule has 2 unspecified atom stereocenters. The summed E-state index contributed by atoms with van der Waals surface area (Å²) in [6, 6.07) is 6.04. The van der Waals surface area contributed by atoms with Crippen molar-refractivity contribution in [2.45, 2.75) is 44.4 Å². The van der Waals surface area contributed by atoms with Crippen molar-refractivity contribution in [2.75, 3.05) is 13.1 Å². The van der Waals surface area contributed by atoms with E-state index < -0.39 is 6.04 Å². The van der Waals surface area contributed by atoms with Crippen LogP contribution in [0.25, 0.3) is 6.08 Å². The zero-order valence-corrected chi connectivity index (χ0v) is 19.4. The van der Waals surface area contributed by atoms with Crippen molar-refractivity contribution in [1.82, 2.24) is 9.27 Å². The molecule has 2 atom stereocenters. The summed E-state index contributed by atoms with van der Waals surface area (Å²) in [4.78, 5) is 27.8. The van der Waals surface area contributed by atoms with E-state index in [2.05, 4.69) is 15.3 Å². The number of ketones is 1. The van der Waals surface area contributed by atoms with Crippen LogP contribution in [0.2, 0.25) is 0 Å². The first-order valence-electron chi connectivity index (χ1n) is 10.8. The third-order valence-corrected chi connectivity index (χ3v) is 7.96. The van der Waals surface area contributed by atoms with Gasteiger partial charge in [-0.1, -0.05) is 49.9 Å². The largest absolute Gasteiger partial charge is 0.297 e. The van der Waals surface area contributed by atoms with Crippen LogP contribution in [0.4, 0.5) is 4.39 Å². The molecule has 1 aliphatic heterocycles. The number of likely N-dealkylation sites (tertiary alicyclic amines) is 1. The number of halogens is 1. The van der Waals surface area contributed by atoms with Crippen LogP contribution in [0.5, 0.6) is 0 Å². The molecule has 0 spiro atoms. The van der Waals surface area contributed by atoms with E-state index in [-0.39, 0.29) is 33.8 Å². The summed E-state index contributed by atoms with van der Waals surface area (Å²) < 4.78 is 18.9. The number of nitrogens with zero attached hydrogens (tertiary/aromatic N) is 2. The Balaban J connectivity index is 1.64. The fraction of sp³-hybridized carbons (Fsp3) is 0.458. The van der Waals surface area contributed by atoms with Gasteiger partial charge >= 0.3 is 0 Å². The number of hydrogen-bond donors (Lipinski definition) is 0. The molecule has 0 N–H and O–H groups in total. The summed E-state index contributed by atoms with van der Waals surface area (Å²) in [6.45, 7) is 5.02. The summed E-state index contributed by atoms with van der Waals surface area (Å²) in [6.07, 6.45) is 6.42. The number of benzene rings is 1. The van der Waals surface area contributed by atoms with Crippen molar-refractivity contribution in [3.63, 3.8) is 0 Å². The minimum atomic E-state index is -0.579. The molecule has 1 saturated carbocycles. The van der Waals surface area contributed by atoms with Crippen LogP contribution < -0.4 is 0 Å². The minimum absolute atomic E-state index is 0.0327. The third kappa shape index (κ3) is 5.33. The Hall–Kier alpha value is -1.83. The van der Waals surface area contributed by atoms with Gasteiger partial charge in [-0.05, 0) is 42.4 Å². The summed E-state index contributed by atoms with van der Waals surface area (Å²) >= 11 is 2.77. The average Bonchev–Trinajstić information content (AvgIpc) is 3.48. The number of Topliss-reactive ketones (excluding diaryl/α,β-unsaturated/α-hetero) is 1. The SMILES string of the molecule is CC(C)C(=O)SC1CCN(C(C(=O)C2CC2)c2ccccc2F)C/C1=C\c1cnsc1. The number of thioether (sulfide) groups is 1. The van der Waals surface area contributed by atoms with Gasteiger partial charge in [0.1, 0.15) is 5.82 Å². The van der Waals surface area contributed by atoms with Gasteiger partial charge in [0, 0.05) is 52.9 Å². The fourth-order valence-corrected chi connectivity index (χ4v) is 5.53. The maximum absolute atomic E-state index is 14.7. The Morgan fingerprint density at radius 1 is 1.26 bits per heavy atom. The number of carbonyl (C=O) groups is 2. The average molecular weight is 459 g/mol. The van der Waals surface area contributed by atoms with Gasteiger partial charge in [-0.25, -0.2) is 8.76 Å². The summed E-state index contributed by atoms with van der Waals surface area (Å²) in [5.41, 5.74) is 2.55. The van der Waals surface area contributed by atoms with E-state index in [0.29, 0.717) is 18.7 Å². The zero-order valence-electron chi connectivity index (χ0n) is 17.8. The molecule has 2 fully saturated rings. The Bertz CT molecular complexity index is 970. The molecule has 4 rings (SSSR count). The third-order valence-electron chi connectivity index (χ3n) is 5.83. The molecule has 1 aromatic heterocycles. The van der Waals surface area contributed by atoms with Crippen LogP contribution in [0.15, 0.2) is 41.4 Å². The lowest BCUT2D eigenvalue weighted by atomic mass is 9.93. The van der Waals surface area contributed by atoms with Crippen LogP contribution in [0, 0.1) is 17.7 Å². The molecule has 0 bridgehead atoms. The van der Waals surface area contributed by atoms with Gasteiger partial charge in [0.05, 0.1) is 6.04 Å². The Morgan fingerprint density at radius 2 is 2.03 bits per heavy atom. The quantitative estimate of drug-likeness (QED) is 0.558. The Kier molecular flexibility index (Phi) is 7.04. The van der Waals surface area contributed by atoms with Crippen LogP contribution in [-0.4, -0.2) is 38.5 Å². The van der Waals surface area contributed by atoms with E-state index in [1.54, 1.807) is 18.2 Å². The monoisotopic (exact) mass is 458 g/mol. The molecular weight excluding hydrogens is 431 g/mol. The number of rotatable bonds is 7. The highest BCUT2D eigenvalue weighted by molar-refractivity contribution is 8.14. The van der Waals surface area contributed by atoms with Crippen LogP contribution >= 0.6 is 23.3 Å². The second kappa shape index (κ2) is 9.76. The number of aromatic nitrogens is 1. The molecule has 0 radical (unpaired) electrons. The van der Waals surface area contributed by atoms with Crippen molar-refractivity contribution in [3.8, 4) is 0 Å². The lowest BCUT2D eigenvalue weighted by molar-refractivity contribution is -0.126. The highest BCUT2D eigenvalue weighted by Gasteiger charge is 2.41. The zero-order chi connectivity index (χ0) is 22.0. The van der Waals surface area contributed by atoms with Gasteiger partial charge in [0.25, 0.3) is 0 Å². The topological polar surface area (TPSA) is 50.3 Å². The smallest absolute Gasteiger partial charge is 0.192 e. The van der Waals surface area contributed by atoms with Gasteiger partial charge in [-0.3, -0.25) is 14.5 Å². The molecule has 4 nitrogen and oxygen atoms in total. The van der Waals surface area contributed by atoms with E-state index in [9.17, 15) is 14.0 Å². The molecule has 31 heavy (non-hydrogen) atoms. The van der Waals surface area contributed by atoms with Crippen molar-refractivity contribution in [1.29, 1.82) is 0 Å². The van der Waals surface area contributed by atoms with Crippen LogP contribution in [0.3, 0.4) is 0 Å². The van der Waals surface area contributed by atoms with Gasteiger partial charge in [-0.15, -0.1) is 0 Å². The second-order valence-electron chi connectivity index (χ2n) is 8.62. The van der Waals surface area contributed by atoms with Crippen molar-refractivity contribution in [2.24, 2.45) is 11.8 Å². The molecule has 2 heterocycles. The normalized spacial score (nSPS) is 22.1. The molecule has 164 valence electrons. The number of piperidine rings is 1. The maximum Gasteiger partial charge on any atom is 0.192 e. The molecule has 1 aromatic carbocycles. The first-order valence-corrected chi connectivity index (χ1v) is 12.5. The van der Waals surface area contributed by atoms with Crippen molar-refractivity contribution in [3.05, 3.63) is 58.4 Å². The number of carbonyl (C=O) groups excluding carboxylic acids is 2. The predicted octanol–water partition coefficient (Wildman–Crippen LogP) is 5.38. The molecule has 2 aromatic rings. The maximum atomic E-state index is 14.7. The molecule has 1 aliphatic carbocycles. The number of hydrogen-bond acceptors (Lipinski definition) is 6. The Morgan fingerprint density at radius 3 is 2.68 bits per heavy atom. The highest BCUT2D eigenvalue weighted by atomic mass is 32.2. The van der Waals surface area contributed by atoms with Gasteiger partial charge < -0.3 is 0 Å². The van der Waals surface area contributed by atoms with Crippen LogP contribution in [-0.2, 0) is 9.59 Å². The lowest BCUT2D eigenvalue weighted by Crippen LogP contribution is -2.43. The van der Waals surface area contributed by atoms with E-state index in [0.717, 1.165) is 30.4 Å². The molecule has 1 saturated heterocycles. The minimum Gasteiger partial charge on any atom is -0.297 e. The molecule has 0 amide bonds. The highest BCUT2D eigenvalue weighted by Crippen LogP contribution is 2.41. The molecule has 2 aliphatic rings. The first-order chi connectivity index (χ1) is 14.9. The Labute approximate surface area is 191 Å².